The number of carbonyl (C=O) groups is 1. The summed E-state index contributed by atoms with van der Waals surface area (Å²) in [6, 6.07) is 17.7. The minimum atomic E-state index is -0.404. The van der Waals surface area contributed by atoms with E-state index in [2.05, 4.69) is 10.3 Å². The molecule has 0 aliphatic carbocycles. The van der Waals surface area contributed by atoms with Crippen molar-refractivity contribution in [2.75, 3.05) is 27.2 Å². The number of amides is 1. The lowest BCUT2D eigenvalue weighted by molar-refractivity contribution is 0.0949. The van der Waals surface area contributed by atoms with Crippen molar-refractivity contribution in [1.82, 2.24) is 24.2 Å². The van der Waals surface area contributed by atoms with E-state index in [1.54, 1.807) is 0 Å². The number of nitrogens with one attached hydrogen (secondary N) is 1. The Bertz CT molecular complexity index is 1220. The molecule has 1 amide bonds. The van der Waals surface area contributed by atoms with Crippen molar-refractivity contribution in [3.8, 4) is 0 Å². The lowest BCUT2D eigenvalue weighted by atomic mass is 10.2. The van der Waals surface area contributed by atoms with Crippen LogP contribution in [0.4, 0.5) is 0 Å². The van der Waals surface area contributed by atoms with Crippen molar-refractivity contribution in [3.05, 3.63) is 82.3 Å². The van der Waals surface area contributed by atoms with Gasteiger partial charge in [0.2, 0.25) is 5.78 Å². The van der Waals surface area contributed by atoms with Gasteiger partial charge in [-0.05, 0) is 31.8 Å². The molecule has 0 fully saturated rings. The van der Waals surface area contributed by atoms with Crippen LogP contribution in [0.3, 0.4) is 0 Å². The Labute approximate surface area is 168 Å². The molecule has 2 heterocycles. The van der Waals surface area contributed by atoms with Crippen molar-refractivity contribution in [2.45, 2.75) is 6.54 Å². The zero-order valence-corrected chi connectivity index (χ0v) is 16.5. The van der Waals surface area contributed by atoms with Crippen LogP contribution >= 0.6 is 0 Å². The Morgan fingerprint density at radius 3 is 2.45 bits per heavy atom. The highest BCUT2D eigenvalue weighted by Crippen LogP contribution is 2.20. The summed E-state index contributed by atoms with van der Waals surface area (Å²) >= 11 is 0. The van der Waals surface area contributed by atoms with E-state index >= 15 is 0 Å². The lowest BCUT2D eigenvalue weighted by Gasteiger charge is -2.10. The SMILES string of the molecule is CN(C)CCNC(=O)c1cnc2n(Cc3ccccc3)c3ccccc3n2c1=O. The number of aromatic nitrogens is 3. The van der Waals surface area contributed by atoms with Crippen LogP contribution in [-0.2, 0) is 6.54 Å². The average Bonchev–Trinajstić information content (AvgIpc) is 3.03. The third kappa shape index (κ3) is 3.64. The number of likely N-dealkylation sites (N-methyl/N-ethyl adjacent to an activating group) is 1. The van der Waals surface area contributed by atoms with Crippen molar-refractivity contribution in [1.29, 1.82) is 0 Å². The second kappa shape index (κ2) is 7.89. The molecule has 29 heavy (non-hydrogen) atoms. The Kier molecular flexibility index (Phi) is 5.14. The van der Waals surface area contributed by atoms with Gasteiger partial charge in [-0.15, -0.1) is 0 Å². The fourth-order valence-electron chi connectivity index (χ4n) is 3.41. The average molecular weight is 389 g/mol. The molecule has 2 aromatic heterocycles. The number of benzene rings is 2. The van der Waals surface area contributed by atoms with Gasteiger partial charge in [-0.1, -0.05) is 42.5 Å². The molecule has 0 saturated heterocycles. The minimum absolute atomic E-state index is 0.0453. The topological polar surface area (TPSA) is 71.6 Å². The van der Waals surface area contributed by atoms with Crippen LogP contribution in [0.5, 0.6) is 0 Å². The van der Waals surface area contributed by atoms with Gasteiger partial charge in [0.05, 0.1) is 17.6 Å². The first kappa shape index (κ1) is 18.9. The molecular formula is C22H23N5O2. The van der Waals surface area contributed by atoms with E-state index < -0.39 is 5.91 Å². The van der Waals surface area contributed by atoms with Crippen LogP contribution in [0.2, 0.25) is 0 Å². The second-order valence-electron chi connectivity index (χ2n) is 7.23. The molecule has 2 aromatic carbocycles. The number of hydrogen-bond acceptors (Lipinski definition) is 4. The molecule has 4 aromatic rings. The van der Waals surface area contributed by atoms with Crippen molar-refractivity contribution >= 4 is 22.7 Å². The molecule has 0 bridgehead atoms. The fraction of sp³-hybridized carbons (Fsp3) is 0.227. The first-order chi connectivity index (χ1) is 14.1. The molecule has 0 spiro atoms. The number of nitrogens with zero attached hydrogens (tertiary/aromatic N) is 4. The molecule has 4 rings (SSSR count). The minimum Gasteiger partial charge on any atom is -0.351 e. The monoisotopic (exact) mass is 389 g/mol. The molecule has 7 nitrogen and oxygen atoms in total. The maximum absolute atomic E-state index is 13.2. The van der Waals surface area contributed by atoms with Gasteiger partial charge in [-0.3, -0.25) is 9.59 Å². The summed E-state index contributed by atoms with van der Waals surface area (Å²) in [5.41, 5.74) is 2.42. The summed E-state index contributed by atoms with van der Waals surface area (Å²) in [5, 5.41) is 2.79. The predicted molar refractivity (Wildman–Crippen MR) is 113 cm³/mol. The zero-order valence-electron chi connectivity index (χ0n) is 16.5. The lowest BCUT2D eigenvalue weighted by Crippen LogP contribution is -2.35. The zero-order chi connectivity index (χ0) is 20.4. The number of imidazole rings is 1. The standard InChI is InChI=1S/C22H23N5O2/c1-25(2)13-12-23-20(28)17-14-24-22-26(15-16-8-4-3-5-9-16)18-10-6-7-11-19(18)27(22)21(17)29/h3-11,14H,12-13,15H2,1-2H3,(H,23,28). The first-order valence-corrected chi connectivity index (χ1v) is 9.52. The fourth-order valence-corrected chi connectivity index (χ4v) is 3.41. The molecule has 148 valence electrons. The summed E-state index contributed by atoms with van der Waals surface area (Å²) in [4.78, 5) is 32.2. The van der Waals surface area contributed by atoms with E-state index in [1.807, 2.05) is 78.2 Å². The van der Waals surface area contributed by atoms with Gasteiger partial charge in [0.15, 0.2) is 0 Å². The molecule has 0 unspecified atom stereocenters. The van der Waals surface area contributed by atoms with E-state index in [0.29, 0.717) is 25.4 Å². The largest absolute Gasteiger partial charge is 0.351 e. The number of rotatable bonds is 6. The highest BCUT2D eigenvalue weighted by molar-refractivity contribution is 5.94. The highest BCUT2D eigenvalue weighted by atomic mass is 16.2. The van der Waals surface area contributed by atoms with Crippen molar-refractivity contribution in [3.63, 3.8) is 0 Å². The van der Waals surface area contributed by atoms with Crippen LogP contribution in [0.15, 0.2) is 65.6 Å². The van der Waals surface area contributed by atoms with Crippen LogP contribution in [-0.4, -0.2) is 51.9 Å². The van der Waals surface area contributed by atoms with E-state index in [0.717, 1.165) is 16.6 Å². The molecule has 0 radical (unpaired) electrons. The van der Waals surface area contributed by atoms with Gasteiger partial charge in [-0.2, -0.15) is 0 Å². The summed E-state index contributed by atoms with van der Waals surface area (Å²) in [7, 11) is 3.85. The smallest absolute Gasteiger partial charge is 0.272 e. The van der Waals surface area contributed by atoms with Crippen molar-refractivity contribution < 1.29 is 4.79 Å². The predicted octanol–water partition coefficient (Wildman–Crippen LogP) is 1.99. The van der Waals surface area contributed by atoms with Crippen LogP contribution in [0, 0.1) is 0 Å². The molecule has 1 N–H and O–H groups in total. The van der Waals surface area contributed by atoms with Gasteiger partial charge in [-0.25, -0.2) is 9.38 Å². The summed E-state index contributed by atoms with van der Waals surface area (Å²) in [6.45, 7) is 1.74. The third-order valence-electron chi connectivity index (χ3n) is 4.87. The quantitative estimate of drug-likeness (QED) is 0.547. The highest BCUT2D eigenvalue weighted by Gasteiger charge is 2.18. The molecular weight excluding hydrogens is 366 g/mol. The van der Waals surface area contributed by atoms with Crippen LogP contribution < -0.4 is 10.9 Å². The number of carbonyl (C=O) groups excluding carboxylic acids is 1. The van der Waals surface area contributed by atoms with Crippen LogP contribution in [0.25, 0.3) is 16.8 Å². The van der Waals surface area contributed by atoms with E-state index in [1.165, 1.54) is 10.6 Å². The van der Waals surface area contributed by atoms with Gasteiger partial charge >= 0.3 is 0 Å². The van der Waals surface area contributed by atoms with Gasteiger partial charge in [0, 0.05) is 19.3 Å². The molecule has 0 saturated carbocycles. The van der Waals surface area contributed by atoms with Crippen LogP contribution in [0.1, 0.15) is 15.9 Å². The Morgan fingerprint density at radius 2 is 1.72 bits per heavy atom. The van der Waals surface area contributed by atoms with Gasteiger partial charge in [0.25, 0.3) is 11.5 Å². The normalized spacial score (nSPS) is 11.4. The summed E-state index contributed by atoms with van der Waals surface area (Å²) in [5.74, 6) is 0.114. The Balaban J connectivity index is 1.81. The second-order valence-corrected chi connectivity index (χ2v) is 7.23. The van der Waals surface area contributed by atoms with Gasteiger partial charge < -0.3 is 14.8 Å². The maximum Gasteiger partial charge on any atom is 0.272 e. The maximum atomic E-state index is 13.2. The summed E-state index contributed by atoms with van der Waals surface area (Å²) < 4.78 is 3.53. The van der Waals surface area contributed by atoms with Gasteiger partial charge in [0.1, 0.15) is 5.56 Å². The third-order valence-corrected chi connectivity index (χ3v) is 4.87. The summed E-state index contributed by atoms with van der Waals surface area (Å²) in [6.07, 6.45) is 1.38. The molecule has 0 atom stereocenters. The number of fused-ring (bicyclic) bond motifs is 3. The van der Waals surface area contributed by atoms with Crippen molar-refractivity contribution in [2.24, 2.45) is 0 Å². The first-order valence-electron chi connectivity index (χ1n) is 9.52. The van der Waals surface area contributed by atoms with E-state index in [4.69, 9.17) is 0 Å². The molecule has 0 aliphatic rings. The van der Waals surface area contributed by atoms with E-state index in [-0.39, 0.29) is 11.1 Å². The molecule has 7 heteroatoms. The Hall–Kier alpha value is -3.45. The molecule has 0 aliphatic heterocycles. The Morgan fingerprint density at radius 1 is 1.03 bits per heavy atom. The number of hydrogen-bond donors (Lipinski definition) is 1. The van der Waals surface area contributed by atoms with E-state index in [9.17, 15) is 9.59 Å². The number of para-hydroxylation sites is 2.